The van der Waals surface area contributed by atoms with Gasteiger partial charge in [0.15, 0.2) is 6.61 Å². The second-order valence-corrected chi connectivity index (χ2v) is 8.10. The predicted octanol–water partition coefficient (Wildman–Crippen LogP) is 3.37. The van der Waals surface area contributed by atoms with Gasteiger partial charge in [-0.05, 0) is 85.0 Å². The number of aliphatic carboxylic acids is 1. The Morgan fingerprint density at radius 3 is 2.92 bits per heavy atom. The van der Waals surface area contributed by atoms with E-state index >= 15 is 0 Å². The molecule has 4 heteroatoms. The van der Waals surface area contributed by atoms with Crippen LogP contribution in [0.4, 0.5) is 0 Å². The minimum Gasteiger partial charge on any atom is -0.482 e. The summed E-state index contributed by atoms with van der Waals surface area (Å²) in [4.78, 5) is 10.7. The van der Waals surface area contributed by atoms with Crippen LogP contribution < -0.4 is 4.74 Å². The average molecular weight is 330 g/mol. The number of aryl methyl sites for hydroxylation is 1. The van der Waals surface area contributed by atoms with Crippen molar-refractivity contribution in [1.82, 2.24) is 0 Å². The van der Waals surface area contributed by atoms with E-state index in [1.807, 2.05) is 12.1 Å². The van der Waals surface area contributed by atoms with Crippen LogP contribution in [0.25, 0.3) is 0 Å². The number of aliphatic hydroxyl groups excluding tert-OH is 1. The fraction of sp³-hybridized carbons (Fsp3) is 0.650. The molecule has 24 heavy (non-hydrogen) atoms. The maximum absolute atomic E-state index is 10.7. The van der Waals surface area contributed by atoms with Gasteiger partial charge >= 0.3 is 5.97 Å². The second kappa shape index (κ2) is 5.76. The lowest BCUT2D eigenvalue weighted by Crippen LogP contribution is -2.43. The summed E-state index contributed by atoms with van der Waals surface area (Å²) < 4.78 is 5.34. The van der Waals surface area contributed by atoms with E-state index in [2.05, 4.69) is 13.0 Å². The number of hydrogen-bond donors (Lipinski definition) is 2. The standard InChI is InChI=1S/C20H26O4/c1-20-9-8-15-14-5-3-13(24-11-19(22)23)10-12(14)2-4-16(15)17(20)6-7-18(20)21/h3,5,10,15-18,21H,2,4,6-9,11H2,1H3,(H,22,23)/t15-,16-,17+,18?,20+/m1/s1. The third-order valence-electron chi connectivity index (χ3n) is 7.01. The Labute approximate surface area is 142 Å². The van der Waals surface area contributed by atoms with Crippen molar-refractivity contribution >= 4 is 5.97 Å². The van der Waals surface area contributed by atoms with E-state index in [4.69, 9.17) is 9.84 Å². The minimum absolute atomic E-state index is 0.114. The van der Waals surface area contributed by atoms with E-state index in [1.165, 1.54) is 17.5 Å². The topological polar surface area (TPSA) is 66.8 Å². The molecule has 3 aliphatic rings. The zero-order valence-corrected chi connectivity index (χ0v) is 14.2. The van der Waals surface area contributed by atoms with Gasteiger partial charge in [0.25, 0.3) is 0 Å². The molecule has 3 aliphatic carbocycles. The highest BCUT2D eigenvalue weighted by atomic mass is 16.5. The van der Waals surface area contributed by atoms with Crippen molar-refractivity contribution in [3.05, 3.63) is 29.3 Å². The van der Waals surface area contributed by atoms with Gasteiger partial charge in [-0.2, -0.15) is 0 Å². The largest absolute Gasteiger partial charge is 0.482 e. The number of aliphatic hydroxyl groups is 1. The minimum atomic E-state index is -0.945. The first kappa shape index (κ1) is 15.9. The highest BCUT2D eigenvalue weighted by molar-refractivity contribution is 5.68. The molecule has 1 unspecified atom stereocenters. The summed E-state index contributed by atoms with van der Waals surface area (Å²) in [6.45, 7) is 2.01. The molecular weight excluding hydrogens is 304 g/mol. The smallest absolute Gasteiger partial charge is 0.341 e. The van der Waals surface area contributed by atoms with Gasteiger partial charge in [0.2, 0.25) is 0 Å². The van der Waals surface area contributed by atoms with Crippen molar-refractivity contribution < 1.29 is 19.7 Å². The molecule has 4 nitrogen and oxygen atoms in total. The quantitative estimate of drug-likeness (QED) is 0.892. The van der Waals surface area contributed by atoms with Crippen LogP contribution in [0, 0.1) is 17.3 Å². The maximum Gasteiger partial charge on any atom is 0.341 e. The van der Waals surface area contributed by atoms with Crippen molar-refractivity contribution in [2.75, 3.05) is 6.61 Å². The monoisotopic (exact) mass is 330 g/mol. The summed E-state index contributed by atoms with van der Waals surface area (Å²) in [6, 6.07) is 6.10. The Bertz CT molecular complexity index is 655. The number of fused-ring (bicyclic) bond motifs is 5. The summed E-state index contributed by atoms with van der Waals surface area (Å²) in [5.74, 6) is 1.62. The number of carboxylic acid groups (broad SMARTS) is 1. The van der Waals surface area contributed by atoms with Crippen molar-refractivity contribution in [3.63, 3.8) is 0 Å². The average Bonchev–Trinajstić information content (AvgIpc) is 2.88. The van der Waals surface area contributed by atoms with E-state index in [0.29, 0.717) is 23.5 Å². The number of rotatable bonds is 3. The molecule has 0 spiro atoms. The number of benzene rings is 1. The Morgan fingerprint density at radius 1 is 1.29 bits per heavy atom. The van der Waals surface area contributed by atoms with Crippen LogP contribution in [0.5, 0.6) is 5.75 Å². The van der Waals surface area contributed by atoms with Gasteiger partial charge in [-0.1, -0.05) is 13.0 Å². The molecule has 5 atom stereocenters. The summed E-state index contributed by atoms with van der Waals surface area (Å²) >= 11 is 0. The van der Waals surface area contributed by atoms with Crippen molar-refractivity contribution in [2.24, 2.45) is 17.3 Å². The third-order valence-corrected chi connectivity index (χ3v) is 7.01. The van der Waals surface area contributed by atoms with E-state index in [0.717, 1.165) is 32.1 Å². The molecular formula is C20H26O4. The van der Waals surface area contributed by atoms with Gasteiger partial charge in [-0.3, -0.25) is 0 Å². The van der Waals surface area contributed by atoms with Gasteiger partial charge in [-0.25, -0.2) is 4.79 Å². The van der Waals surface area contributed by atoms with Gasteiger partial charge < -0.3 is 14.9 Å². The van der Waals surface area contributed by atoms with Crippen LogP contribution in [-0.2, 0) is 11.2 Å². The lowest BCUT2D eigenvalue weighted by Gasteiger charge is -2.50. The van der Waals surface area contributed by atoms with Crippen molar-refractivity contribution in [1.29, 1.82) is 0 Å². The normalized spacial score (nSPS) is 37.2. The zero-order valence-electron chi connectivity index (χ0n) is 14.2. The van der Waals surface area contributed by atoms with Crippen LogP contribution in [0.1, 0.15) is 56.1 Å². The molecule has 2 saturated carbocycles. The van der Waals surface area contributed by atoms with Crippen LogP contribution >= 0.6 is 0 Å². The number of ether oxygens (including phenoxy) is 1. The van der Waals surface area contributed by atoms with Crippen LogP contribution in [0.15, 0.2) is 18.2 Å². The fourth-order valence-electron chi connectivity index (χ4n) is 5.77. The van der Waals surface area contributed by atoms with Crippen LogP contribution in [0.3, 0.4) is 0 Å². The molecule has 0 amide bonds. The van der Waals surface area contributed by atoms with E-state index in [1.54, 1.807) is 0 Å². The van der Waals surface area contributed by atoms with Crippen LogP contribution in [0.2, 0.25) is 0 Å². The molecule has 2 fully saturated rings. The molecule has 0 aromatic heterocycles. The maximum atomic E-state index is 10.7. The summed E-state index contributed by atoms with van der Waals surface area (Å²) in [6.07, 6.45) is 6.45. The molecule has 1 aromatic carbocycles. The molecule has 0 heterocycles. The van der Waals surface area contributed by atoms with Gasteiger partial charge in [0.05, 0.1) is 6.10 Å². The number of hydrogen-bond acceptors (Lipinski definition) is 3. The van der Waals surface area contributed by atoms with Gasteiger partial charge in [0, 0.05) is 0 Å². The molecule has 1 aromatic rings. The van der Waals surface area contributed by atoms with Gasteiger partial charge in [0.1, 0.15) is 5.75 Å². The molecule has 0 radical (unpaired) electrons. The number of carboxylic acids is 1. The molecule has 2 N–H and O–H groups in total. The zero-order chi connectivity index (χ0) is 16.9. The second-order valence-electron chi connectivity index (χ2n) is 8.10. The summed E-state index contributed by atoms with van der Waals surface area (Å²) in [5, 5.41) is 19.2. The fourth-order valence-corrected chi connectivity index (χ4v) is 5.77. The Kier molecular flexibility index (Phi) is 3.83. The first-order chi connectivity index (χ1) is 11.5. The Morgan fingerprint density at radius 2 is 2.12 bits per heavy atom. The SMILES string of the molecule is C[C@]12CC[C@@H]3c4ccc(OCC(=O)O)cc4CC[C@H]3[C@@H]1CCC2O. The molecule has 0 aliphatic heterocycles. The summed E-state index contributed by atoms with van der Waals surface area (Å²) in [7, 11) is 0. The molecule has 0 bridgehead atoms. The highest BCUT2D eigenvalue weighted by Gasteiger charge is 2.54. The lowest BCUT2D eigenvalue weighted by atomic mass is 9.55. The Balaban J connectivity index is 1.58. The first-order valence-electron chi connectivity index (χ1n) is 9.14. The summed E-state index contributed by atoms with van der Waals surface area (Å²) in [5.41, 5.74) is 2.86. The van der Waals surface area contributed by atoms with Crippen molar-refractivity contribution in [2.45, 2.75) is 57.5 Å². The van der Waals surface area contributed by atoms with E-state index in [9.17, 15) is 9.90 Å². The lowest BCUT2D eigenvalue weighted by molar-refractivity contribution is -0.139. The first-order valence-corrected chi connectivity index (χ1v) is 9.14. The van der Waals surface area contributed by atoms with Crippen molar-refractivity contribution in [3.8, 4) is 5.75 Å². The molecule has 0 saturated heterocycles. The Hall–Kier alpha value is -1.55. The molecule has 130 valence electrons. The predicted molar refractivity (Wildman–Crippen MR) is 90.2 cm³/mol. The molecule has 4 rings (SSSR count). The van der Waals surface area contributed by atoms with Gasteiger partial charge in [-0.15, -0.1) is 0 Å². The van der Waals surface area contributed by atoms with E-state index in [-0.39, 0.29) is 18.1 Å². The van der Waals surface area contributed by atoms with E-state index < -0.39 is 5.97 Å². The highest BCUT2D eigenvalue weighted by Crippen LogP contribution is 2.60. The number of carbonyl (C=O) groups is 1. The van der Waals surface area contributed by atoms with Crippen LogP contribution in [-0.4, -0.2) is 28.9 Å². The third kappa shape index (κ3) is 2.43.